The summed E-state index contributed by atoms with van der Waals surface area (Å²) in [6, 6.07) is 9.65. The van der Waals surface area contributed by atoms with Gasteiger partial charge in [-0.25, -0.2) is 0 Å². The van der Waals surface area contributed by atoms with Crippen LogP contribution in [0.2, 0.25) is 0 Å². The summed E-state index contributed by atoms with van der Waals surface area (Å²) in [4.78, 5) is 2.40. The van der Waals surface area contributed by atoms with Crippen molar-refractivity contribution in [3.05, 3.63) is 29.8 Å². The molecule has 2 heteroatoms. The molecule has 1 aromatic carbocycles. The van der Waals surface area contributed by atoms with Crippen molar-refractivity contribution >= 4 is 5.69 Å². The first-order chi connectivity index (χ1) is 8.11. The number of para-hydroxylation sites is 1. The van der Waals surface area contributed by atoms with Crippen molar-refractivity contribution in [2.24, 2.45) is 0 Å². The molecule has 0 bridgehead atoms. The lowest BCUT2D eigenvalue weighted by Crippen LogP contribution is -2.30. The maximum Gasteiger partial charge on any atom is 0.0414 e. The van der Waals surface area contributed by atoms with Crippen LogP contribution in [-0.4, -0.2) is 20.1 Å². The molecule has 0 radical (unpaired) electrons. The van der Waals surface area contributed by atoms with Crippen molar-refractivity contribution < 1.29 is 0 Å². The minimum absolute atomic E-state index is 0.391. The molecular formula is C15H26N2. The summed E-state index contributed by atoms with van der Waals surface area (Å²) in [5, 5.41) is 3.32. The Balaban J connectivity index is 2.96. The lowest BCUT2D eigenvalue weighted by Gasteiger charge is -2.30. The van der Waals surface area contributed by atoms with E-state index in [2.05, 4.69) is 62.3 Å². The van der Waals surface area contributed by atoms with Gasteiger partial charge in [0, 0.05) is 24.8 Å². The molecule has 0 aliphatic carbocycles. The number of rotatable bonds is 6. The number of benzene rings is 1. The summed E-state index contributed by atoms with van der Waals surface area (Å²) in [5.41, 5.74) is 2.72. The van der Waals surface area contributed by atoms with Crippen LogP contribution in [0.15, 0.2) is 24.3 Å². The average molecular weight is 234 g/mol. The molecule has 17 heavy (non-hydrogen) atoms. The van der Waals surface area contributed by atoms with E-state index >= 15 is 0 Å². The molecule has 1 N–H and O–H groups in total. The monoisotopic (exact) mass is 234 g/mol. The third-order valence-electron chi connectivity index (χ3n) is 3.58. The molecule has 1 rings (SSSR count). The molecular weight excluding hydrogens is 208 g/mol. The zero-order valence-corrected chi connectivity index (χ0v) is 11.8. The number of nitrogens with zero attached hydrogens (tertiary/aromatic N) is 1. The molecule has 1 aromatic rings. The fourth-order valence-corrected chi connectivity index (χ4v) is 2.18. The lowest BCUT2D eigenvalue weighted by molar-refractivity contribution is 0.603. The Morgan fingerprint density at radius 2 is 1.88 bits per heavy atom. The molecule has 0 fully saturated rings. The van der Waals surface area contributed by atoms with Gasteiger partial charge in [-0.3, -0.25) is 0 Å². The molecule has 0 saturated heterocycles. The molecule has 2 atom stereocenters. The van der Waals surface area contributed by atoms with Gasteiger partial charge in [-0.05, 0) is 38.9 Å². The van der Waals surface area contributed by atoms with E-state index in [0.717, 1.165) is 0 Å². The van der Waals surface area contributed by atoms with Crippen LogP contribution in [0.25, 0.3) is 0 Å². The van der Waals surface area contributed by atoms with Crippen LogP contribution < -0.4 is 10.2 Å². The highest BCUT2D eigenvalue weighted by Crippen LogP contribution is 2.27. The Morgan fingerprint density at radius 1 is 1.24 bits per heavy atom. The molecule has 0 saturated carbocycles. The van der Waals surface area contributed by atoms with Gasteiger partial charge in [0.15, 0.2) is 0 Å². The average Bonchev–Trinajstić information content (AvgIpc) is 2.37. The fraction of sp³-hybridized carbons (Fsp3) is 0.600. The summed E-state index contributed by atoms with van der Waals surface area (Å²) in [6.07, 6.45) is 2.47. The first-order valence-electron chi connectivity index (χ1n) is 6.60. The van der Waals surface area contributed by atoms with Gasteiger partial charge in [0.2, 0.25) is 0 Å². The summed E-state index contributed by atoms with van der Waals surface area (Å²) in [6.45, 7) is 6.74. The summed E-state index contributed by atoms with van der Waals surface area (Å²) < 4.78 is 0. The van der Waals surface area contributed by atoms with E-state index in [0.29, 0.717) is 12.1 Å². The Bertz CT molecular complexity index is 335. The molecule has 0 aliphatic rings. The van der Waals surface area contributed by atoms with Crippen molar-refractivity contribution in [1.29, 1.82) is 0 Å². The Morgan fingerprint density at radius 3 is 2.47 bits per heavy atom. The van der Waals surface area contributed by atoms with Crippen LogP contribution >= 0.6 is 0 Å². The number of anilines is 1. The second kappa shape index (κ2) is 6.65. The molecule has 2 unspecified atom stereocenters. The standard InChI is InChI=1S/C15H26N2/c1-6-9-12(2)17(5)15-11-8-7-10-14(15)13(3)16-4/h7-8,10-13,16H,6,9H2,1-5H3. The second-order valence-corrected chi connectivity index (χ2v) is 4.82. The highest BCUT2D eigenvalue weighted by Gasteiger charge is 2.15. The van der Waals surface area contributed by atoms with Gasteiger partial charge in [-0.1, -0.05) is 31.5 Å². The lowest BCUT2D eigenvalue weighted by atomic mass is 10.0. The molecule has 2 nitrogen and oxygen atoms in total. The number of nitrogens with one attached hydrogen (secondary N) is 1. The summed E-state index contributed by atoms with van der Waals surface area (Å²) in [5.74, 6) is 0. The van der Waals surface area contributed by atoms with Crippen molar-refractivity contribution in [2.75, 3.05) is 19.0 Å². The Hall–Kier alpha value is -1.02. The number of hydrogen-bond acceptors (Lipinski definition) is 2. The predicted octanol–water partition coefficient (Wildman–Crippen LogP) is 3.59. The van der Waals surface area contributed by atoms with E-state index in [-0.39, 0.29) is 0 Å². The van der Waals surface area contributed by atoms with Crippen LogP contribution in [0.3, 0.4) is 0 Å². The van der Waals surface area contributed by atoms with Crippen LogP contribution in [0.1, 0.15) is 45.2 Å². The maximum atomic E-state index is 3.32. The van der Waals surface area contributed by atoms with Crippen molar-refractivity contribution in [2.45, 2.75) is 45.7 Å². The van der Waals surface area contributed by atoms with Gasteiger partial charge in [0.25, 0.3) is 0 Å². The van der Waals surface area contributed by atoms with Crippen molar-refractivity contribution in [3.8, 4) is 0 Å². The van der Waals surface area contributed by atoms with E-state index in [9.17, 15) is 0 Å². The SMILES string of the molecule is CCCC(C)N(C)c1ccccc1C(C)NC. The minimum Gasteiger partial charge on any atom is -0.372 e. The maximum absolute atomic E-state index is 3.32. The van der Waals surface area contributed by atoms with Gasteiger partial charge in [-0.2, -0.15) is 0 Å². The van der Waals surface area contributed by atoms with Crippen molar-refractivity contribution in [1.82, 2.24) is 5.32 Å². The third kappa shape index (κ3) is 3.47. The van der Waals surface area contributed by atoms with Gasteiger partial charge in [-0.15, -0.1) is 0 Å². The van der Waals surface area contributed by atoms with Crippen molar-refractivity contribution in [3.63, 3.8) is 0 Å². The van der Waals surface area contributed by atoms with Gasteiger partial charge >= 0.3 is 0 Å². The van der Waals surface area contributed by atoms with Gasteiger partial charge in [0.05, 0.1) is 0 Å². The molecule has 96 valence electrons. The molecule has 0 amide bonds. The topological polar surface area (TPSA) is 15.3 Å². The molecule has 0 heterocycles. The predicted molar refractivity (Wildman–Crippen MR) is 76.7 cm³/mol. The smallest absolute Gasteiger partial charge is 0.0414 e. The minimum atomic E-state index is 0.391. The van der Waals surface area contributed by atoms with E-state index in [4.69, 9.17) is 0 Å². The number of hydrogen-bond donors (Lipinski definition) is 1. The van der Waals surface area contributed by atoms with Crippen LogP contribution in [0.5, 0.6) is 0 Å². The van der Waals surface area contributed by atoms with Gasteiger partial charge < -0.3 is 10.2 Å². The van der Waals surface area contributed by atoms with Crippen LogP contribution in [-0.2, 0) is 0 Å². The highest BCUT2D eigenvalue weighted by atomic mass is 15.1. The third-order valence-corrected chi connectivity index (χ3v) is 3.58. The van der Waals surface area contributed by atoms with Crippen LogP contribution in [0, 0.1) is 0 Å². The molecule has 0 aromatic heterocycles. The molecule has 0 aliphatic heterocycles. The fourth-order valence-electron chi connectivity index (χ4n) is 2.18. The van der Waals surface area contributed by atoms with E-state index in [1.165, 1.54) is 24.1 Å². The second-order valence-electron chi connectivity index (χ2n) is 4.82. The largest absolute Gasteiger partial charge is 0.372 e. The van der Waals surface area contributed by atoms with E-state index < -0.39 is 0 Å². The normalized spacial score (nSPS) is 14.4. The van der Waals surface area contributed by atoms with E-state index in [1.54, 1.807) is 0 Å². The molecule has 0 spiro atoms. The van der Waals surface area contributed by atoms with E-state index in [1.807, 2.05) is 7.05 Å². The summed E-state index contributed by atoms with van der Waals surface area (Å²) >= 11 is 0. The highest BCUT2D eigenvalue weighted by molar-refractivity contribution is 5.55. The van der Waals surface area contributed by atoms with Crippen LogP contribution in [0.4, 0.5) is 5.69 Å². The first-order valence-corrected chi connectivity index (χ1v) is 6.60. The quantitative estimate of drug-likeness (QED) is 0.809. The zero-order chi connectivity index (χ0) is 12.8. The zero-order valence-electron chi connectivity index (χ0n) is 11.8. The Labute approximate surface area is 106 Å². The first kappa shape index (κ1) is 14.0. The summed E-state index contributed by atoms with van der Waals surface area (Å²) in [7, 11) is 4.21. The Kier molecular flexibility index (Phi) is 5.49. The van der Waals surface area contributed by atoms with Gasteiger partial charge in [0.1, 0.15) is 0 Å².